The Hall–Kier alpha value is -3.58. The number of imide groups is 1. The Labute approximate surface area is 178 Å². The average Bonchev–Trinajstić information content (AvgIpc) is 3.23. The molecule has 0 radical (unpaired) electrons. The molecule has 0 aliphatic carbocycles. The van der Waals surface area contributed by atoms with Crippen LogP contribution in [-0.4, -0.2) is 26.2 Å². The second-order valence-corrected chi connectivity index (χ2v) is 7.63. The minimum atomic E-state index is -0.757. The van der Waals surface area contributed by atoms with Crippen molar-refractivity contribution < 1.29 is 9.59 Å². The van der Waals surface area contributed by atoms with Crippen molar-refractivity contribution in [3.8, 4) is 11.4 Å². The van der Waals surface area contributed by atoms with E-state index in [2.05, 4.69) is 5.10 Å². The Morgan fingerprint density at radius 3 is 2.43 bits per heavy atom. The van der Waals surface area contributed by atoms with Crippen molar-refractivity contribution >= 4 is 40.5 Å². The largest absolute Gasteiger partial charge is 0.303 e. The highest BCUT2D eigenvalue weighted by molar-refractivity contribution is 7.71. The molecule has 2 heterocycles. The lowest BCUT2D eigenvalue weighted by atomic mass is 10.1. The molecule has 3 aromatic carbocycles. The van der Waals surface area contributed by atoms with Crippen molar-refractivity contribution in [2.75, 3.05) is 4.90 Å². The Morgan fingerprint density at radius 1 is 0.933 bits per heavy atom. The van der Waals surface area contributed by atoms with E-state index in [9.17, 15) is 9.59 Å². The monoisotopic (exact) mass is 414 g/mol. The summed E-state index contributed by atoms with van der Waals surface area (Å²) in [6.07, 6.45) is 0.0294. The van der Waals surface area contributed by atoms with Crippen LogP contribution in [0.3, 0.4) is 0 Å². The topological polar surface area (TPSA) is 60.1 Å². The Balaban J connectivity index is 1.58. The number of nitrogens with zero attached hydrogens (tertiary/aromatic N) is 4. The Kier molecular flexibility index (Phi) is 4.33. The van der Waals surface area contributed by atoms with Gasteiger partial charge in [0.1, 0.15) is 6.04 Å². The van der Waals surface area contributed by atoms with E-state index in [4.69, 9.17) is 12.2 Å². The second kappa shape index (κ2) is 7.03. The third kappa shape index (κ3) is 2.78. The summed E-state index contributed by atoms with van der Waals surface area (Å²) in [5.74, 6) is 0.0878. The van der Waals surface area contributed by atoms with Crippen LogP contribution in [0.15, 0.2) is 72.8 Å². The van der Waals surface area contributed by atoms with E-state index in [0.717, 1.165) is 16.3 Å². The zero-order valence-electron chi connectivity index (χ0n) is 16.2. The van der Waals surface area contributed by atoms with E-state index >= 15 is 0 Å². The molecule has 1 aliphatic heterocycles. The van der Waals surface area contributed by atoms with Crippen LogP contribution in [0.25, 0.3) is 22.2 Å². The predicted octanol–water partition coefficient (Wildman–Crippen LogP) is 4.28. The van der Waals surface area contributed by atoms with Crippen LogP contribution in [0, 0.1) is 4.77 Å². The summed E-state index contributed by atoms with van der Waals surface area (Å²) in [4.78, 5) is 27.5. The molecule has 1 aromatic heterocycles. The molecule has 0 saturated carbocycles. The third-order valence-corrected chi connectivity index (χ3v) is 5.92. The van der Waals surface area contributed by atoms with Gasteiger partial charge in [-0.2, -0.15) is 5.10 Å². The molecule has 1 atom stereocenters. The lowest BCUT2D eigenvalue weighted by molar-refractivity contribution is -0.122. The fourth-order valence-corrected chi connectivity index (χ4v) is 4.22. The number of carbonyl (C=O) groups is 2. The van der Waals surface area contributed by atoms with Gasteiger partial charge in [0.25, 0.3) is 5.91 Å². The zero-order valence-corrected chi connectivity index (χ0v) is 17.0. The molecule has 2 amide bonds. The van der Waals surface area contributed by atoms with E-state index in [1.54, 1.807) is 10.6 Å². The maximum absolute atomic E-state index is 13.4. The summed E-state index contributed by atoms with van der Waals surface area (Å²) in [7, 11) is 1.82. The molecule has 4 aromatic rings. The maximum Gasteiger partial charge on any atom is 0.259 e. The van der Waals surface area contributed by atoms with Gasteiger partial charge in [0, 0.05) is 18.0 Å². The first kappa shape index (κ1) is 18.4. The van der Waals surface area contributed by atoms with E-state index in [1.807, 2.05) is 73.8 Å². The van der Waals surface area contributed by atoms with Crippen molar-refractivity contribution in [3.05, 3.63) is 77.6 Å². The summed E-state index contributed by atoms with van der Waals surface area (Å²) >= 11 is 5.56. The van der Waals surface area contributed by atoms with Crippen molar-refractivity contribution in [2.45, 2.75) is 12.5 Å². The van der Waals surface area contributed by atoms with Crippen LogP contribution < -0.4 is 4.90 Å². The van der Waals surface area contributed by atoms with Crippen LogP contribution in [0.4, 0.5) is 5.69 Å². The van der Waals surface area contributed by atoms with Crippen molar-refractivity contribution in [1.29, 1.82) is 0 Å². The molecular formula is C23H18N4O2S. The number of carbonyl (C=O) groups excluding carboxylic acids is 2. The van der Waals surface area contributed by atoms with Gasteiger partial charge in [0.2, 0.25) is 5.91 Å². The molecule has 0 N–H and O–H groups in total. The summed E-state index contributed by atoms with van der Waals surface area (Å²) in [5.41, 5.74) is 1.49. The lowest BCUT2D eigenvalue weighted by Gasteiger charge is -2.17. The third-order valence-electron chi connectivity index (χ3n) is 5.46. The summed E-state index contributed by atoms with van der Waals surface area (Å²) < 4.78 is 3.67. The van der Waals surface area contributed by atoms with Gasteiger partial charge in [-0.1, -0.05) is 66.7 Å². The first-order chi connectivity index (χ1) is 14.6. The number of anilines is 1. The van der Waals surface area contributed by atoms with Gasteiger partial charge in [0.15, 0.2) is 10.6 Å². The smallest absolute Gasteiger partial charge is 0.259 e. The highest BCUT2D eigenvalue weighted by atomic mass is 32.1. The lowest BCUT2D eigenvalue weighted by Crippen LogP contribution is -2.31. The molecule has 5 rings (SSSR count). The number of aromatic nitrogens is 3. The molecule has 1 saturated heterocycles. The normalized spacial score (nSPS) is 16.6. The number of hydrogen-bond donors (Lipinski definition) is 0. The zero-order chi connectivity index (χ0) is 20.8. The highest BCUT2D eigenvalue weighted by Gasteiger charge is 2.42. The van der Waals surface area contributed by atoms with E-state index in [0.29, 0.717) is 16.3 Å². The van der Waals surface area contributed by atoms with E-state index in [1.165, 1.54) is 9.58 Å². The molecule has 0 bridgehead atoms. The van der Waals surface area contributed by atoms with E-state index < -0.39 is 6.04 Å². The molecule has 0 spiro atoms. The molecule has 1 fully saturated rings. The van der Waals surface area contributed by atoms with Gasteiger partial charge in [-0.3, -0.25) is 9.59 Å². The van der Waals surface area contributed by atoms with Gasteiger partial charge in [0.05, 0.1) is 12.1 Å². The SMILES string of the molecule is Cn1c(-c2ccccc2)nn([C@H]2CC(=O)N(c3cccc4ccccc34)C2=O)c1=S. The molecule has 1 aliphatic rings. The molecule has 30 heavy (non-hydrogen) atoms. The van der Waals surface area contributed by atoms with Gasteiger partial charge in [-0.15, -0.1) is 0 Å². The summed E-state index contributed by atoms with van der Waals surface area (Å²) in [5, 5.41) is 6.44. The minimum Gasteiger partial charge on any atom is -0.303 e. The first-order valence-corrected chi connectivity index (χ1v) is 10.0. The Bertz CT molecular complexity index is 1350. The van der Waals surface area contributed by atoms with Crippen LogP contribution in [0.2, 0.25) is 0 Å². The number of rotatable bonds is 3. The summed E-state index contributed by atoms with van der Waals surface area (Å²) in [6.45, 7) is 0. The fraction of sp³-hybridized carbons (Fsp3) is 0.130. The first-order valence-electron chi connectivity index (χ1n) is 9.62. The molecule has 0 unspecified atom stereocenters. The second-order valence-electron chi connectivity index (χ2n) is 7.26. The average molecular weight is 414 g/mol. The van der Waals surface area contributed by atoms with Crippen LogP contribution in [0.5, 0.6) is 0 Å². The Morgan fingerprint density at radius 2 is 1.63 bits per heavy atom. The predicted molar refractivity (Wildman–Crippen MR) is 118 cm³/mol. The maximum atomic E-state index is 13.4. The molecule has 7 heteroatoms. The fourth-order valence-electron chi connectivity index (χ4n) is 3.96. The van der Waals surface area contributed by atoms with Crippen molar-refractivity contribution in [2.24, 2.45) is 7.05 Å². The van der Waals surface area contributed by atoms with Crippen molar-refractivity contribution in [3.63, 3.8) is 0 Å². The van der Waals surface area contributed by atoms with E-state index in [-0.39, 0.29) is 18.2 Å². The highest BCUT2D eigenvalue weighted by Crippen LogP contribution is 2.34. The quantitative estimate of drug-likeness (QED) is 0.371. The summed E-state index contributed by atoms with van der Waals surface area (Å²) in [6, 6.07) is 22.2. The van der Waals surface area contributed by atoms with Gasteiger partial charge < -0.3 is 4.57 Å². The van der Waals surface area contributed by atoms with Crippen LogP contribution in [0.1, 0.15) is 12.5 Å². The molecule has 148 valence electrons. The number of amides is 2. The number of benzene rings is 3. The van der Waals surface area contributed by atoms with Gasteiger partial charge in [-0.05, 0) is 23.7 Å². The van der Waals surface area contributed by atoms with Crippen molar-refractivity contribution in [1.82, 2.24) is 14.3 Å². The van der Waals surface area contributed by atoms with Gasteiger partial charge >= 0.3 is 0 Å². The molecular weight excluding hydrogens is 396 g/mol. The van der Waals surface area contributed by atoms with Gasteiger partial charge in [-0.25, -0.2) is 9.58 Å². The molecule has 6 nitrogen and oxygen atoms in total. The minimum absolute atomic E-state index is 0.0294. The number of hydrogen-bond acceptors (Lipinski definition) is 4. The van der Waals surface area contributed by atoms with Crippen LogP contribution >= 0.6 is 12.2 Å². The number of fused-ring (bicyclic) bond motifs is 1. The standard InChI is InChI=1S/C23H18N4O2S/c1-25-21(16-9-3-2-4-10-16)24-27(23(25)30)19-14-20(28)26(22(19)29)18-13-7-11-15-8-5-6-12-17(15)18/h2-13,19H,14H2,1H3/t19-/m0/s1. The van der Waals surface area contributed by atoms with Crippen LogP contribution in [-0.2, 0) is 16.6 Å².